The molecule has 1 aliphatic rings. The van der Waals surface area contributed by atoms with Crippen LogP contribution in [0.25, 0.3) is 0 Å². The first kappa shape index (κ1) is 54.2. The van der Waals surface area contributed by atoms with Crippen LogP contribution in [0.5, 0.6) is 11.5 Å². The Bertz CT molecular complexity index is 2000. The van der Waals surface area contributed by atoms with Gasteiger partial charge >= 0.3 is 12.2 Å². The average Bonchev–Trinajstić information content (AvgIpc) is 3.64. The topological polar surface area (TPSA) is 194 Å². The number of anilines is 2. The average molecular weight is 938 g/mol. The van der Waals surface area contributed by atoms with Crippen molar-refractivity contribution in [3.8, 4) is 11.5 Å². The van der Waals surface area contributed by atoms with E-state index in [0.29, 0.717) is 35.8 Å². The summed E-state index contributed by atoms with van der Waals surface area (Å²) in [7, 11) is -2.92. The minimum absolute atomic E-state index is 0.0218. The highest BCUT2D eigenvalue weighted by Crippen LogP contribution is 2.41. The number of carboxylic acid groups (broad SMARTS) is 1. The molecule has 0 fully saturated rings. The number of methoxy groups -OCH3 is 1. The van der Waals surface area contributed by atoms with Gasteiger partial charge in [-0.2, -0.15) is 0 Å². The van der Waals surface area contributed by atoms with Crippen molar-refractivity contribution in [2.75, 3.05) is 24.4 Å². The van der Waals surface area contributed by atoms with Gasteiger partial charge in [-0.05, 0) is 91.8 Å². The molecular weight excluding hydrogens is 863 g/mol. The molecule has 0 aromatic heterocycles. The van der Waals surface area contributed by atoms with E-state index >= 15 is 0 Å². The maximum absolute atomic E-state index is 14.8. The Labute approximate surface area is 388 Å². The standard InChI is InChI=1S/C48H75N5O10Si2/c1-14-18-35-26-37(31-62-64(12,13)48(8,9)10)53(29-35)45(56)38-27-40(60-11)41(63-65(23-15-2,24-16-3)25-17-4)28-39(38)51-47(59)61-30-34-19-21-36(22-20-34)50-43(54)33(7)49-44(55)42(32(5)6)52-46(57)58/h14,18-22,27-29,32-33,37,42,52H,15-17,23-26,30-31H2,1-13H3,(H,49,55)(H,50,54)(H,51,59)(H,57,58)/b18-14+. The second kappa shape index (κ2) is 24.4. The van der Waals surface area contributed by atoms with Crippen LogP contribution in [-0.4, -0.2) is 88.4 Å². The molecule has 65 heavy (non-hydrogen) atoms. The fraction of sp³-hybridized carbons (Fsp3) is 0.562. The van der Waals surface area contributed by atoms with Crippen molar-refractivity contribution in [1.82, 2.24) is 15.5 Å². The van der Waals surface area contributed by atoms with E-state index in [2.05, 4.69) is 75.9 Å². The van der Waals surface area contributed by atoms with E-state index in [9.17, 15) is 24.0 Å². The first-order valence-electron chi connectivity index (χ1n) is 22.9. The lowest BCUT2D eigenvalue weighted by Crippen LogP contribution is -2.53. The Morgan fingerprint density at radius 2 is 1.51 bits per heavy atom. The monoisotopic (exact) mass is 938 g/mol. The quantitative estimate of drug-likeness (QED) is 0.0670. The largest absolute Gasteiger partial charge is 0.541 e. The van der Waals surface area contributed by atoms with Crippen molar-refractivity contribution < 1.29 is 47.4 Å². The number of hydrogen-bond acceptors (Lipinski definition) is 9. The molecule has 15 nitrogen and oxygen atoms in total. The van der Waals surface area contributed by atoms with Crippen LogP contribution in [0.4, 0.5) is 21.0 Å². The second-order valence-corrected chi connectivity index (χ2v) is 27.6. The van der Waals surface area contributed by atoms with Gasteiger partial charge in [0, 0.05) is 18.0 Å². The van der Waals surface area contributed by atoms with Gasteiger partial charge in [0.25, 0.3) is 14.2 Å². The summed E-state index contributed by atoms with van der Waals surface area (Å²) in [5.74, 6) is -0.938. The molecule has 360 valence electrons. The number of ether oxygens (including phenoxy) is 2. The van der Waals surface area contributed by atoms with E-state index < -0.39 is 52.7 Å². The van der Waals surface area contributed by atoms with Crippen molar-refractivity contribution in [3.63, 3.8) is 0 Å². The van der Waals surface area contributed by atoms with Crippen molar-refractivity contribution in [3.05, 3.63) is 71.5 Å². The molecule has 3 rings (SSSR count). The predicted molar refractivity (Wildman–Crippen MR) is 262 cm³/mol. The number of carbonyl (C=O) groups is 5. The number of nitrogens with one attached hydrogen (secondary N) is 4. The van der Waals surface area contributed by atoms with E-state index in [-0.39, 0.29) is 40.8 Å². The minimum Gasteiger partial charge on any atom is -0.541 e. The first-order chi connectivity index (χ1) is 30.5. The molecule has 17 heteroatoms. The Balaban J connectivity index is 1.92. The molecule has 0 aliphatic carbocycles. The highest BCUT2D eigenvalue weighted by molar-refractivity contribution is 6.74. The summed E-state index contributed by atoms with van der Waals surface area (Å²) in [5, 5.41) is 19.4. The van der Waals surface area contributed by atoms with Crippen LogP contribution >= 0.6 is 0 Å². The van der Waals surface area contributed by atoms with Gasteiger partial charge in [0.05, 0.1) is 31.0 Å². The predicted octanol–water partition coefficient (Wildman–Crippen LogP) is 10.4. The molecular formula is C48H75N5O10Si2. The normalized spacial score (nSPS) is 15.3. The smallest absolute Gasteiger partial charge is 0.411 e. The molecule has 2 aromatic rings. The summed E-state index contributed by atoms with van der Waals surface area (Å²) in [6.45, 7) is 24.5. The van der Waals surface area contributed by atoms with Gasteiger partial charge in [-0.3, -0.25) is 19.7 Å². The van der Waals surface area contributed by atoms with Gasteiger partial charge in [0.2, 0.25) is 11.8 Å². The van der Waals surface area contributed by atoms with Crippen molar-refractivity contribution >= 4 is 57.9 Å². The number of benzene rings is 2. The maximum atomic E-state index is 14.8. The minimum atomic E-state index is -2.31. The fourth-order valence-corrected chi connectivity index (χ4v) is 13.0. The number of nitrogens with zero attached hydrogens (tertiary/aromatic N) is 1. The number of allylic oxidation sites excluding steroid dienone is 2. The summed E-state index contributed by atoms with van der Waals surface area (Å²) in [5.41, 5.74) is 2.46. The zero-order chi connectivity index (χ0) is 48.7. The van der Waals surface area contributed by atoms with Crippen LogP contribution in [0.2, 0.25) is 36.3 Å². The highest BCUT2D eigenvalue weighted by Gasteiger charge is 2.40. The molecule has 0 saturated carbocycles. The molecule has 0 bridgehead atoms. The molecule has 5 N–H and O–H groups in total. The molecule has 1 heterocycles. The fourth-order valence-electron chi connectivity index (χ4n) is 7.53. The number of carbonyl (C=O) groups excluding carboxylic acids is 4. The van der Waals surface area contributed by atoms with E-state index in [1.807, 2.05) is 25.3 Å². The van der Waals surface area contributed by atoms with Crippen molar-refractivity contribution in [2.45, 2.75) is 156 Å². The SMILES string of the molecule is C/C=C/C1=CN(C(=O)c2cc(OC)c(O[Si](CCC)(CCC)CCC)cc2NC(=O)OCc2ccc(NC(=O)C(C)NC(=O)C(NC(=O)O)C(C)C)cc2)C(CO[Si](C)(C)C(C)(C)C)C1. The summed E-state index contributed by atoms with van der Waals surface area (Å²) in [6.07, 6.45) is 7.17. The second-order valence-electron chi connectivity index (χ2n) is 18.7. The van der Waals surface area contributed by atoms with Crippen molar-refractivity contribution in [1.29, 1.82) is 0 Å². The van der Waals surface area contributed by atoms with E-state index in [0.717, 1.165) is 43.0 Å². The molecule has 3 unspecified atom stereocenters. The van der Waals surface area contributed by atoms with Gasteiger partial charge < -0.3 is 44.3 Å². The van der Waals surface area contributed by atoms with Gasteiger partial charge in [-0.25, -0.2) is 9.59 Å². The third-order valence-corrected chi connectivity index (χ3v) is 21.4. The highest BCUT2D eigenvalue weighted by atomic mass is 28.4. The lowest BCUT2D eigenvalue weighted by atomic mass is 10.0. The van der Waals surface area contributed by atoms with Gasteiger partial charge in [0.15, 0.2) is 14.1 Å². The lowest BCUT2D eigenvalue weighted by Gasteiger charge is -2.38. The van der Waals surface area contributed by atoms with Crippen LogP contribution in [0.1, 0.15) is 111 Å². The number of hydrogen-bond donors (Lipinski definition) is 5. The van der Waals surface area contributed by atoms with Crippen molar-refractivity contribution in [2.24, 2.45) is 5.92 Å². The molecule has 1 aliphatic heterocycles. The van der Waals surface area contributed by atoms with Gasteiger partial charge in [-0.1, -0.05) is 98.9 Å². The molecule has 3 atom stereocenters. The first-order valence-corrected chi connectivity index (χ1v) is 28.3. The van der Waals surface area contributed by atoms with Gasteiger partial charge in [-0.15, -0.1) is 0 Å². The van der Waals surface area contributed by atoms with Crippen LogP contribution in [0, 0.1) is 5.92 Å². The van der Waals surface area contributed by atoms with E-state index in [4.69, 9.17) is 23.4 Å². The molecule has 0 spiro atoms. The molecule has 0 radical (unpaired) electrons. The van der Waals surface area contributed by atoms with E-state index in [1.54, 1.807) is 62.3 Å². The number of amides is 5. The van der Waals surface area contributed by atoms with Crippen LogP contribution in [-0.2, 0) is 25.4 Å². The molecule has 5 amide bonds. The zero-order valence-corrected chi connectivity index (χ0v) is 42.9. The Morgan fingerprint density at radius 3 is 2.03 bits per heavy atom. The third-order valence-electron chi connectivity index (χ3n) is 12.0. The van der Waals surface area contributed by atoms with Gasteiger partial charge in [0.1, 0.15) is 24.4 Å². The Kier molecular flexibility index (Phi) is 20.4. The van der Waals surface area contributed by atoms with Crippen LogP contribution in [0.3, 0.4) is 0 Å². The van der Waals surface area contributed by atoms with Crippen LogP contribution in [0.15, 0.2) is 60.3 Å². The maximum Gasteiger partial charge on any atom is 0.411 e. The summed E-state index contributed by atoms with van der Waals surface area (Å²) in [4.78, 5) is 67.0. The third kappa shape index (κ3) is 15.5. The van der Waals surface area contributed by atoms with Crippen LogP contribution < -0.4 is 30.4 Å². The summed E-state index contributed by atoms with van der Waals surface area (Å²) >= 11 is 0. The zero-order valence-electron chi connectivity index (χ0n) is 40.9. The summed E-state index contributed by atoms with van der Waals surface area (Å²) < 4.78 is 25.3. The summed E-state index contributed by atoms with van der Waals surface area (Å²) in [6, 6.07) is 10.5. The Hall–Kier alpha value is -5.14. The number of rotatable bonds is 23. The molecule has 0 saturated heterocycles. The Morgan fingerprint density at radius 1 is 0.892 bits per heavy atom. The molecule has 2 aromatic carbocycles. The van der Waals surface area contributed by atoms with E-state index in [1.165, 1.54) is 6.92 Å². The lowest BCUT2D eigenvalue weighted by molar-refractivity contribution is -0.128.